The maximum absolute atomic E-state index is 4.89. The van der Waals surface area contributed by atoms with Crippen LogP contribution < -0.4 is 0 Å². The van der Waals surface area contributed by atoms with Crippen molar-refractivity contribution in [3.05, 3.63) is 78.5 Å². The van der Waals surface area contributed by atoms with Crippen molar-refractivity contribution in [3.63, 3.8) is 0 Å². The van der Waals surface area contributed by atoms with Crippen LogP contribution in [0.4, 0.5) is 0 Å². The molecule has 2 heterocycles. The molecule has 4 fully saturated rings. The van der Waals surface area contributed by atoms with Gasteiger partial charge in [0.05, 0.1) is 0 Å². The molecule has 242 valence electrons. The van der Waals surface area contributed by atoms with Crippen LogP contribution in [0, 0.1) is 29.7 Å². The molecule has 0 radical (unpaired) electrons. The SMILES string of the molecule is C1CCCC1.C1CCCC1.C1CCCC1.C1CCCC1.[CH3-].[CH3-].[CH3-].[CH3-].[Cl][Ti][Cl].[S-]c1ccccn1.[S-]c1ccccn1.[Ti+4]. The molecule has 0 amide bonds. The molecule has 4 aliphatic rings. The molecule has 0 aliphatic heterocycles. The Kier molecular flexibility index (Phi) is 63.9. The number of hydrogen-bond donors (Lipinski definition) is 0. The molecule has 0 aromatic carbocycles. The third-order valence-electron chi connectivity index (χ3n) is 6.28. The van der Waals surface area contributed by atoms with E-state index in [2.05, 4.69) is 9.97 Å². The fourth-order valence-corrected chi connectivity index (χ4v) is 4.51. The normalized spacial score (nSPS) is 14.6. The Morgan fingerprint density at radius 3 is 0.667 bits per heavy atom. The summed E-state index contributed by atoms with van der Waals surface area (Å²) in [5.41, 5.74) is 0. The number of aromatic nitrogens is 2. The minimum Gasteiger partial charge on any atom is -0.760 e. The fraction of sp³-hybridized carbons (Fsp3) is 0.588. The third-order valence-corrected chi connectivity index (χ3v) is 6.76. The molecule has 0 N–H and O–H groups in total. The van der Waals surface area contributed by atoms with Crippen LogP contribution in [0.5, 0.6) is 0 Å². The average molecular weight is 728 g/mol. The second-order valence-electron chi connectivity index (χ2n) is 9.48. The van der Waals surface area contributed by atoms with E-state index in [4.69, 9.17) is 43.9 Å². The van der Waals surface area contributed by atoms with E-state index in [-0.39, 0.29) is 51.4 Å². The fourth-order valence-electron chi connectivity index (χ4n) is 4.23. The van der Waals surface area contributed by atoms with Gasteiger partial charge in [0.25, 0.3) is 0 Å². The molecule has 2 aromatic rings. The van der Waals surface area contributed by atoms with E-state index in [1.54, 1.807) is 24.5 Å². The van der Waals surface area contributed by atoms with Gasteiger partial charge in [0.15, 0.2) is 0 Å². The zero-order chi connectivity index (χ0) is 27.1. The van der Waals surface area contributed by atoms with Crippen LogP contribution in [0.1, 0.15) is 128 Å². The molecule has 42 heavy (non-hydrogen) atoms. The smallest absolute Gasteiger partial charge is 0.760 e. The summed E-state index contributed by atoms with van der Waals surface area (Å²) < 4.78 is 0. The summed E-state index contributed by atoms with van der Waals surface area (Å²) in [6.45, 7) is 0. The monoisotopic (exact) mass is 726 g/mol. The Hall–Kier alpha value is 0.749. The molecular formula is C34H60Cl2N2S2Ti2-2. The predicted octanol–water partition coefficient (Wildman–Crippen LogP) is 13.0. The van der Waals surface area contributed by atoms with Crippen molar-refractivity contribution in [2.45, 2.75) is 138 Å². The van der Waals surface area contributed by atoms with Gasteiger partial charge in [-0.25, -0.2) is 0 Å². The third kappa shape index (κ3) is 47.7. The van der Waals surface area contributed by atoms with E-state index in [9.17, 15) is 0 Å². The van der Waals surface area contributed by atoms with Crippen LogP contribution in [0.15, 0.2) is 58.8 Å². The zero-order valence-electron chi connectivity index (χ0n) is 27.2. The molecule has 8 heteroatoms. The van der Waals surface area contributed by atoms with Gasteiger partial charge < -0.3 is 55.0 Å². The maximum atomic E-state index is 4.89. The molecular weight excluding hydrogens is 667 g/mol. The van der Waals surface area contributed by atoms with Gasteiger partial charge in [-0.15, -0.1) is 0 Å². The minimum absolute atomic E-state index is 0. The summed E-state index contributed by atoms with van der Waals surface area (Å²) in [6.07, 6.45) is 33.4. The van der Waals surface area contributed by atoms with Crippen molar-refractivity contribution in [1.29, 1.82) is 0 Å². The molecule has 0 spiro atoms. The van der Waals surface area contributed by atoms with Gasteiger partial charge in [0.2, 0.25) is 0 Å². The van der Waals surface area contributed by atoms with Crippen molar-refractivity contribution in [1.82, 2.24) is 9.97 Å². The van der Waals surface area contributed by atoms with Gasteiger partial charge in [0.1, 0.15) is 0 Å². The molecule has 4 aliphatic carbocycles. The molecule has 0 unspecified atom stereocenters. The Morgan fingerprint density at radius 1 is 0.429 bits per heavy atom. The molecule has 4 saturated carbocycles. The van der Waals surface area contributed by atoms with Crippen LogP contribution in [0.3, 0.4) is 0 Å². The van der Waals surface area contributed by atoms with Crippen molar-refractivity contribution >= 4 is 43.9 Å². The van der Waals surface area contributed by atoms with Crippen molar-refractivity contribution in [2.75, 3.05) is 0 Å². The van der Waals surface area contributed by atoms with E-state index >= 15 is 0 Å². The summed E-state index contributed by atoms with van der Waals surface area (Å²) >= 11 is 8.85. The number of hydrogen-bond acceptors (Lipinski definition) is 4. The van der Waals surface area contributed by atoms with Crippen molar-refractivity contribution in [2.24, 2.45) is 0 Å². The van der Waals surface area contributed by atoms with Crippen LogP contribution >= 0.6 is 18.6 Å². The summed E-state index contributed by atoms with van der Waals surface area (Å²) in [4.78, 5) is 7.59. The van der Waals surface area contributed by atoms with Crippen LogP contribution in [0.25, 0.3) is 0 Å². The Labute approximate surface area is 306 Å². The quantitative estimate of drug-likeness (QED) is 0.153. The predicted molar refractivity (Wildman–Crippen MR) is 189 cm³/mol. The summed E-state index contributed by atoms with van der Waals surface area (Å²) in [7, 11) is 9.78. The second-order valence-corrected chi connectivity index (χ2v) is 12.9. The first-order chi connectivity index (χ1) is 18.2. The number of halogens is 2. The van der Waals surface area contributed by atoms with Crippen molar-refractivity contribution in [3.8, 4) is 0 Å². The summed E-state index contributed by atoms with van der Waals surface area (Å²) in [5.74, 6) is 0. The van der Waals surface area contributed by atoms with Crippen LogP contribution in [-0.4, -0.2) is 9.97 Å². The van der Waals surface area contributed by atoms with E-state index in [1.807, 2.05) is 24.3 Å². The van der Waals surface area contributed by atoms with Gasteiger partial charge in [-0.3, -0.25) is 9.97 Å². The second kappa shape index (κ2) is 48.6. The number of pyridine rings is 2. The maximum Gasteiger partial charge on any atom is 4.00 e. The van der Waals surface area contributed by atoms with E-state index in [1.165, 1.54) is 128 Å². The van der Waals surface area contributed by atoms with E-state index in [0.717, 1.165) is 0 Å². The standard InChI is InChI=1S/2C5H5NS.4C5H10.4CH3.2ClH.2Ti/c2*7-5-3-1-2-4-6-5;4*1-2-4-5-3-1;;;;;;;;/h2*1-4H,(H,6,7);4*1-5H2;4*1H3;2*1H;;/q;;;;;;4*-1;;;+2;+4/p-4. The number of rotatable bonds is 0. The topological polar surface area (TPSA) is 25.8 Å². The molecule has 0 bridgehead atoms. The number of nitrogens with zero attached hydrogens (tertiary/aromatic N) is 2. The molecule has 0 atom stereocenters. The first kappa shape index (κ1) is 55.2. The van der Waals surface area contributed by atoms with Gasteiger partial charge in [-0.2, -0.15) is 0 Å². The van der Waals surface area contributed by atoms with E-state index < -0.39 is 17.0 Å². The van der Waals surface area contributed by atoms with Gasteiger partial charge in [0, 0.05) is 12.4 Å². The Bertz CT molecular complexity index is 551. The average Bonchev–Trinajstić information content (AvgIpc) is 3.77. The molecule has 0 saturated heterocycles. The van der Waals surface area contributed by atoms with Crippen molar-refractivity contribution < 1.29 is 38.7 Å². The van der Waals surface area contributed by atoms with E-state index in [0.29, 0.717) is 10.1 Å². The minimum atomic E-state index is -0.556. The Morgan fingerprint density at radius 2 is 0.595 bits per heavy atom. The first-order valence-electron chi connectivity index (χ1n) is 14.3. The first-order valence-corrected chi connectivity index (χ1v) is 19.4. The molecule has 6 rings (SSSR count). The Balaban J connectivity index is -0.0000000893. The summed E-state index contributed by atoms with van der Waals surface area (Å²) in [6, 6.07) is 11.0. The van der Waals surface area contributed by atoms with Gasteiger partial charge >= 0.3 is 57.4 Å². The largest absolute Gasteiger partial charge is 4.00 e. The molecule has 2 nitrogen and oxygen atoms in total. The van der Waals surface area contributed by atoms with Crippen LogP contribution in [-0.2, 0) is 64.0 Å². The summed E-state index contributed by atoms with van der Waals surface area (Å²) in [5, 5.41) is 1.31. The zero-order valence-corrected chi connectivity index (χ0v) is 33.5. The molecule has 2 aromatic heterocycles. The van der Waals surface area contributed by atoms with Crippen LogP contribution in [0.2, 0.25) is 0 Å². The van der Waals surface area contributed by atoms with Gasteiger partial charge in [-0.05, 0) is 12.1 Å². The van der Waals surface area contributed by atoms with Gasteiger partial charge in [-0.1, -0.05) is 163 Å².